The Morgan fingerprint density at radius 3 is 3.00 bits per heavy atom. The number of hydrogen-bond acceptors (Lipinski definition) is 1. The Hall–Kier alpha value is -0.820. The van der Waals surface area contributed by atoms with E-state index in [-0.39, 0.29) is 0 Å². The molecular weight excluding hydrogens is 194 g/mol. The minimum absolute atomic E-state index is 0.548. The number of hydrogen-bond donors (Lipinski definition) is 1. The third-order valence-electron chi connectivity index (χ3n) is 4.73. The van der Waals surface area contributed by atoms with Gasteiger partial charge in [0.05, 0.1) is 0 Å². The predicted molar refractivity (Wildman–Crippen MR) is 67.8 cm³/mol. The van der Waals surface area contributed by atoms with Gasteiger partial charge in [-0.3, -0.25) is 0 Å². The van der Waals surface area contributed by atoms with Gasteiger partial charge in [0.15, 0.2) is 0 Å². The maximum absolute atomic E-state index is 3.34. The van der Waals surface area contributed by atoms with Crippen molar-refractivity contribution < 1.29 is 0 Å². The van der Waals surface area contributed by atoms with E-state index < -0.39 is 0 Å². The molecule has 1 fully saturated rings. The highest BCUT2D eigenvalue weighted by Crippen LogP contribution is 2.61. The molecular formula is C15H21N. The van der Waals surface area contributed by atoms with Crippen LogP contribution in [0.1, 0.15) is 43.2 Å². The van der Waals surface area contributed by atoms with E-state index in [0.29, 0.717) is 5.41 Å². The van der Waals surface area contributed by atoms with E-state index in [1.54, 1.807) is 11.1 Å². The zero-order chi connectivity index (χ0) is 11.2. The van der Waals surface area contributed by atoms with Gasteiger partial charge in [-0.15, -0.1) is 0 Å². The van der Waals surface area contributed by atoms with E-state index in [9.17, 15) is 0 Å². The average Bonchev–Trinajstić information content (AvgIpc) is 3.00. The van der Waals surface area contributed by atoms with Crippen molar-refractivity contribution in [2.45, 2.75) is 37.5 Å². The maximum Gasteiger partial charge on any atom is 0.0000115 e. The third kappa shape index (κ3) is 1.34. The third-order valence-corrected chi connectivity index (χ3v) is 4.73. The van der Waals surface area contributed by atoms with Crippen molar-refractivity contribution in [3.05, 3.63) is 35.4 Å². The number of benzene rings is 1. The van der Waals surface area contributed by atoms with Gasteiger partial charge >= 0.3 is 0 Å². The second kappa shape index (κ2) is 3.59. The summed E-state index contributed by atoms with van der Waals surface area (Å²) in [5.74, 6) is 1.64. The summed E-state index contributed by atoms with van der Waals surface area (Å²) in [5, 5.41) is 3.34. The van der Waals surface area contributed by atoms with Crippen molar-refractivity contribution in [3.63, 3.8) is 0 Å². The lowest BCUT2D eigenvalue weighted by Gasteiger charge is -2.31. The quantitative estimate of drug-likeness (QED) is 0.799. The molecule has 0 aromatic heterocycles. The Morgan fingerprint density at radius 1 is 1.38 bits per heavy atom. The van der Waals surface area contributed by atoms with Crippen molar-refractivity contribution in [2.75, 3.05) is 13.6 Å². The minimum Gasteiger partial charge on any atom is -0.319 e. The Morgan fingerprint density at radius 2 is 2.19 bits per heavy atom. The molecule has 1 saturated carbocycles. The number of rotatable bonds is 2. The highest BCUT2D eigenvalue weighted by molar-refractivity contribution is 5.44. The van der Waals surface area contributed by atoms with Gasteiger partial charge in [0.1, 0.15) is 0 Å². The summed E-state index contributed by atoms with van der Waals surface area (Å²) >= 11 is 0. The first kappa shape index (κ1) is 10.3. The molecule has 0 saturated heterocycles. The molecule has 2 aliphatic rings. The summed E-state index contributed by atoms with van der Waals surface area (Å²) in [4.78, 5) is 0. The van der Waals surface area contributed by atoms with Crippen LogP contribution in [0.5, 0.6) is 0 Å². The van der Waals surface area contributed by atoms with Crippen molar-refractivity contribution in [3.8, 4) is 0 Å². The molecule has 0 amide bonds. The molecule has 3 unspecified atom stereocenters. The lowest BCUT2D eigenvalue weighted by atomic mass is 9.74. The van der Waals surface area contributed by atoms with E-state index in [1.807, 2.05) is 0 Å². The first-order valence-electron chi connectivity index (χ1n) is 6.52. The monoisotopic (exact) mass is 215 g/mol. The Labute approximate surface area is 98.3 Å². The lowest BCUT2D eigenvalue weighted by Crippen LogP contribution is -2.23. The first-order chi connectivity index (χ1) is 7.78. The van der Waals surface area contributed by atoms with Crippen LogP contribution < -0.4 is 5.32 Å². The van der Waals surface area contributed by atoms with E-state index in [1.165, 1.54) is 25.8 Å². The second-order valence-corrected chi connectivity index (χ2v) is 5.64. The minimum atomic E-state index is 0.548. The summed E-state index contributed by atoms with van der Waals surface area (Å²) in [6, 6.07) is 9.13. The molecule has 0 aliphatic heterocycles. The summed E-state index contributed by atoms with van der Waals surface area (Å²) in [6.07, 6.45) is 4.17. The van der Waals surface area contributed by atoms with Gasteiger partial charge in [0, 0.05) is 5.41 Å². The van der Waals surface area contributed by atoms with Gasteiger partial charge in [0.25, 0.3) is 0 Å². The summed E-state index contributed by atoms with van der Waals surface area (Å²) < 4.78 is 0. The molecule has 1 spiro atoms. The fourth-order valence-corrected chi connectivity index (χ4v) is 3.68. The summed E-state index contributed by atoms with van der Waals surface area (Å²) in [6.45, 7) is 3.56. The molecule has 3 atom stereocenters. The molecule has 86 valence electrons. The van der Waals surface area contributed by atoms with Gasteiger partial charge in [0.2, 0.25) is 0 Å². The molecule has 1 nitrogen and oxygen atoms in total. The number of fused-ring (bicyclic) bond motifs is 2. The average molecular weight is 215 g/mol. The number of nitrogens with one attached hydrogen (secondary N) is 1. The molecule has 1 heteroatoms. The molecule has 3 rings (SSSR count). The van der Waals surface area contributed by atoms with Crippen molar-refractivity contribution in [2.24, 2.45) is 5.92 Å². The van der Waals surface area contributed by atoms with Crippen molar-refractivity contribution in [1.82, 2.24) is 5.32 Å². The van der Waals surface area contributed by atoms with Crippen molar-refractivity contribution in [1.29, 1.82) is 0 Å². The van der Waals surface area contributed by atoms with Gasteiger partial charge in [-0.25, -0.2) is 0 Å². The molecule has 1 aromatic carbocycles. The lowest BCUT2D eigenvalue weighted by molar-refractivity contribution is 0.452. The standard InChI is InChI=1S/C15H21N/c1-11-7-8-15(9-12(15)10-16-2)14-6-4-3-5-13(11)14/h3-6,11-12,16H,7-10H2,1-2H3. The van der Waals surface area contributed by atoms with Crippen LogP contribution in [0.4, 0.5) is 0 Å². The van der Waals surface area contributed by atoms with Crippen LogP contribution in [-0.4, -0.2) is 13.6 Å². The topological polar surface area (TPSA) is 12.0 Å². The van der Waals surface area contributed by atoms with Gasteiger partial charge < -0.3 is 5.32 Å². The predicted octanol–water partition coefficient (Wildman–Crippen LogP) is 3.06. The Bertz CT molecular complexity index is 398. The van der Waals surface area contributed by atoms with E-state index in [4.69, 9.17) is 0 Å². The fourth-order valence-electron chi connectivity index (χ4n) is 3.68. The van der Waals surface area contributed by atoms with E-state index in [0.717, 1.165) is 11.8 Å². The van der Waals surface area contributed by atoms with Gasteiger partial charge in [-0.2, -0.15) is 0 Å². The van der Waals surface area contributed by atoms with Crippen LogP contribution in [0.2, 0.25) is 0 Å². The summed E-state index contributed by atoms with van der Waals surface area (Å²) in [7, 11) is 2.07. The normalized spacial score (nSPS) is 36.1. The largest absolute Gasteiger partial charge is 0.319 e. The Kier molecular flexibility index (Phi) is 2.32. The summed E-state index contributed by atoms with van der Waals surface area (Å²) in [5.41, 5.74) is 3.83. The maximum atomic E-state index is 3.34. The first-order valence-corrected chi connectivity index (χ1v) is 6.52. The second-order valence-electron chi connectivity index (χ2n) is 5.64. The van der Waals surface area contributed by atoms with E-state index in [2.05, 4.69) is 43.6 Å². The fraction of sp³-hybridized carbons (Fsp3) is 0.600. The Balaban J connectivity index is 1.97. The van der Waals surface area contributed by atoms with Crippen LogP contribution in [-0.2, 0) is 5.41 Å². The zero-order valence-electron chi connectivity index (χ0n) is 10.3. The van der Waals surface area contributed by atoms with Crippen LogP contribution in [0, 0.1) is 5.92 Å². The van der Waals surface area contributed by atoms with Gasteiger partial charge in [-0.1, -0.05) is 31.2 Å². The molecule has 1 aromatic rings. The highest BCUT2D eigenvalue weighted by Gasteiger charge is 2.56. The molecule has 0 heterocycles. The van der Waals surface area contributed by atoms with Gasteiger partial charge in [-0.05, 0) is 55.8 Å². The molecule has 1 N–H and O–H groups in total. The molecule has 0 bridgehead atoms. The van der Waals surface area contributed by atoms with Crippen LogP contribution in [0.15, 0.2) is 24.3 Å². The SMILES string of the molecule is CNCC1CC12CCC(C)c1ccccc12. The smallest absolute Gasteiger partial charge is 0.0000115 e. The van der Waals surface area contributed by atoms with E-state index >= 15 is 0 Å². The highest BCUT2D eigenvalue weighted by atomic mass is 14.8. The van der Waals surface area contributed by atoms with Crippen molar-refractivity contribution >= 4 is 0 Å². The van der Waals surface area contributed by atoms with Crippen LogP contribution in [0.25, 0.3) is 0 Å². The van der Waals surface area contributed by atoms with Crippen LogP contribution in [0.3, 0.4) is 0 Å². The molecule has 0 radical (unpaired) electrons. The van der Waals surface area contributed by atoms with Crippen LogP contribution >= 0.6 is 0 Å². The molecule has 16 heavy (non-hydrogen) atoms. The zero-order valence-corrected chi connectivity index (χ0v) is 10.3. The molecule has 2 aliphatic carbocycles.